The first-order valence-electron chi connectivity index (χ1n) is 8.22. The Balaban J connectivity index is 1.76. The molecule has 0 unspecified atom stereocenters. The summed E-state index contributed by atoms with van der Waals surface area (Å²) in [4.78, 5) is 4.75. The molecule has 0 fully saturated rings. The van der Waals surface area contributed by atoms with Crippen LogP contribution in [0.4, 0.5) is 0 Å². The Labute approximate surface area is 147 Å². The number of aromatic nitrogens is 1. The maximum Gasteiger partial charge on any atom is 0.124 e. The minimum absolute atomic E-state index is 0.241. The third kappa shape index (κ3) is 3.15. The van der Waals surface area contributed by atoms with Gasteiger partial charge in [-0.2, -0.15) is 0 Å². The van der Waals surface area contributed by atoms with Crippen LogP contribution in [-0.2, 0) is 0 Å². The van der Waals surface area contributed by atoms with E-state index in [2.05, 4.69) is 30.3 Å². The second-order valence-electron chi connectivity index (χ2n) is 5.87. The lowest BCUT2D eigenvalue weighted by Crippen LogP contribution is -1.89. The molecule has 25 heavy (non-hydrogen) atoms. The number of hydrogen-bond donors (Lipinski definition) is 1. The molecular weight excluding hydrogens is 306 g/mol. The molecule has 0 saturated heterocycles. The van der Waals surface area contributed by atoms with E-state index < -0.39 is 0 Å². The number of benzene rings is 3. The van der Waals surface area contributed by atoms with E-state index in [4.69, 9.17) is 4.98 Å². The van der Waals surface area contributed by atoms with Crippen molar-refractivity contribution in [3.05, 3.63) is 97.1 Å². The summed E-state index contributed by atoms with van der Waals surface area (Å²) in [6.07, 6.45) is 0. The first-order valence-corrected chi connectivity index (χ1v) is 8.22. The molecule has 4 rings (SSSR count). The van der Waals surface area contributed by atoms with Gasteiger partial charge in [0.1, 0.15) is 5.75 Å². The van der Waals surface area contributed by atoms with Gasteiger partial charge in [0.15, 0.2) is 0 Å². The molecule has 2 heteroatoms. The predicted octanol–water partition coefficient (Wildman–Crippen LogP) is 5.79. The van der Waals surface area contributed by atoms with Gasteiger partial charge in [-0.1, -0.05) is 66.7 Å². The molecule has 0 radical (unpaired) electrons. The molecule has 0 saturated carbocycles. The van der Waals surface area contributed by atoms with Crippen molar-refractivity contribution in [3.63, 3.8) is 0 Å². The van der Waals surface area contributed by atoms with Gasteiger partial charge in [-0.15, -0.1) is 0 Å². The van der Waals surface area contributed by atoms with Gasteiger partial charge < -0.3 is 5.11 Å². The molecule has 0 aliphatic heterocycles. The zero-order chi connectivity index (χ0) is 17.1. The largest absolute Gasteiger partial charge is 0.507 e. The van der Waals surface area contributed by atoms with Crippen LogP contribution in [-0.4, -0.2) is 10.1 Å². The summed E-state index contributed by atoms with van der Waals surface area (Å²) in [5, 5.41) is 10.1. The standard InChI is InChI=1S/C23H17NO/c25-23-15-5-4-12-20(23)22-14-7-13-21(24-22)19-11-6-10-18(16-19)17-8-2-1-3-9-17/h1-16,25H. The molecule has 4 aromatic rings. The van der Waals surface area contributed by atoms with E-state index in [0.717, 1.165) is 28.1 Å². The van der Waals surface area contributed by atoms with E-state index in [1.54, 1.807) is 6.07 Å². The van der Waals surface area contributed by atoms with Crippen LogP contribution < -0.4 is 0 Å². The number of nitrogens with zero attached hydrogens (tertiary/aromatic N) is 1. The highest BCUT2D eigenvalue weighted by molar-refractivity contribution is 5.74. The average molecular weight is 323 g/mol. The maximum absolute atomic E-state index is 10.1. The van der Waals surface area contributed by atoms with Gasteiger partial charge in [-0.05, 0) is 41.5 Å². The summed E-state index contributed by atoms with van der Waals surface area (Å²) in [7, 11) is 0. The van der Waals surface area contributed by atoms with Gasteiger partial charge in [0.25, 0.3) is 0 Å². The summed E-state index contributed by atoms with van der Waals surface area (Å²) < 4.78 is 0. The molecule has 0 amide bonds. The number of aromatic hydroxyl groups is 1. The fourth-order valence-electron chi connectivity index (χ4n) is 2.92. The first-order chi connectivity index (χ1) is 12.3. The highest BCUT2D eigenvalue weighted by Gasteiger charge is 2.07. The van der Waals surface area contributed by atoms with Crippen molar-refractivity contribution in [2.45, 2.75) is 0 Å². The number of phenolic OH excluding ortho intramolecular Hbond substituents is 1. The normalized spacial score (nSPS) is 10.6. The fourth-order valence-corrected chi connectivity index (χ4v) is 2.92. The van der Waals surface area contributed by atoms with Crippen molar-refractivity contribution < 1.29 is 5.11 Å². The van der Waals surface area contributed by atoms with Gasteiger partial charge in [-0.3, -0.25) is 0 Å². The fraction of sp³-hybridized carbons (Fsp3) is 0. The van der Waals surface area contributed by atoms with Crippen molar-refractivity contribution in [3.8, 4) is 39.4 Å². The van der Waals surface area contributed by atoms with Crippen LogP contribution in [0.25, 0.3) is 33.6 Å². The van der Waals surface area contributed by atoms with Crippen molar-refractivity contribution in [2.24, 2.45) is 0 Å². The summed E-state index contributed by atoms with van der Waals surface area (Å²) in [5.74, 6) is 0.241. The van der Waals surface area contributed by atoms with Crippen LogP contribution in [0, 0.1) is 0 Å². The Morgan fingerprint density at radius 3 is 2.00 bits per heavy atom. The van der Waals surface area contributed by atoms with Crippen LogP contribution in [0.1, 0.15) is 0 Å². The van der Waals surface area contributed by atoms with Crippen molar-refractivity contribution in [1.29, 1.82) is 0 Å². The predicted molar refractivity (Wildman–Crippen MR) is 102 cm³/mol. The lowest BCUT2D eigenvalue weighted by molar-refractivity contribution is 0.477. The van der Waals surface area contributed by atoms with Gasteiger partial charge >= 0.3 is 0 Å². The Kier molecular flexibility index (Phi) is 4.01. The number of hydrogen-bond acceptors (Lipinski definition) is 2. The number of para-hydroxylation sites is 1. The number of pyridine rings is 1. The van der Waals surface area contributed by atoms with Crippen LogP contribution >= 0.6 is 0 Å². The Morgan fingerprint density at radius 1 is 0.520 bits per heavy atom. The summed E-state index contributed by atoms with van der Waals surface area (Å²) in [6.45, 7) is 0. The monoisotopic (exact) mass is 323 g/mol. The minimum Gasteiger partial charge on any atom is -0.507 e. The third-order valence-corrected chi connectivity index (χ3v) is 4.19. The van der Waals surface area contributed by atoms with Crippen molar-refractivity contribution in [2.75, 3.05) is 0 Å². The van der Waals surface area contributed by atoms with Gasteiger partial charge in [0, 0.05) is 11.1 Å². The number of phenols is 1. The second-order valence-corrected chi connectivity index (χ2v) is 5.87. The quantitative estimate of drug-likeness (QED) is 0.518. The molecule has 0 spiro atoms. The third-order valence-electron chi connectivity index (χ3n) is 4.19. The topological polar surface area (TPSA) is 33.1 Å². The Hall–Kier alpha value is -3.39. The Bertz CT molecular complexity index is 1010. The van der Waals surface area contributed by atoms with E-state index in [0.29, 0.717) is 0 Å². The SMILES string of the molecule is Oc1ccccc1-c1cccc(-c2cccc(-c3ccccc3)c2)n1. The van der Waals surface area contributed by atoms with Crippen molar-refractivity contribution >= 4 is 0 Å². The smallest absolute Gasteiger partial charge is 0.124 e. The molecule has 3 aromatic carbocycles. The van der Waals surface area contributed by atoms with Gasteiger partial charge in [0.05, 0.1) is 11.4 Å². The van der Waals surface area contributed by atoms with Crippen LogP contribution in [0.5, 0.6) is 5.75 Å². The van der Waals surface area contributed by atoms with E-state index in [-0.39, 0.29) is 5.75 Å². The van der Waals surface area contributed by atoms with Crippen LogP contribution in [0.15, 0.2) is 97.1 Å². The van der Waals surface area contributed by atoms with Crippen LogP contribution in [0.2, 0.25) is 0 Å². The second kappa shape index (κ2) is 6.62. The average Bonchev–Trinajstić information content (AvgIpc) is 2.69. The zero-order valence-electron chi connectivity index (χ0n) is 13.6. The minimum atomic E-state index is 0.241. The van der Waals surface area contributed by atoms with E-state index in [9.17, 15) is 5.11 Å². The molecule has 1 N–H and O–H groups in total. The molecule has 0 aliphatic rings. The van der Waals surface area contributed by atoms with Crippen molar-refractivity contribution in [1.82, 2.24) is 4.98 Å². The Morgan fingerprint density at radius 2 is 1.16 bits per heavy atom. The lowest BCUT2D eigenvalue weighted by atomic mass is 10.0. The molecule has 0 bridgehead atoms. The van der Waals surface area contributed by atoms with Gasteiger partial charge in [-0.25, -0.2) is 4.98 Å². The molecule has 2 nitrogen and oxygen atoms in total. The molecule has 120 valence electrons. The first kappa shape index (κ1) is 15.2. The highest BCUT2D eigenvalue weighted by Crippen LogP contribution is 2.30. The zero-order valence-corrected chi connectivity index (χ0v) is 13.6. The molecular formula is C23H17NO. The van der Waals surface area contributed by atoms with E-state index >= 15 is 0 Å². The molecule has 0 aliphatic carbocycles. The van der Waals surface area contributed by atoms with E-state index in [1.807, 2.05) is 60.7 Å². The molecule has 0 atom stereocenters. The van der Waals surface area contributed by atoms with E-state index in [1.165, 1.54) is 5.56 Å². The number of rotatable bonds is 3. The highest BCUT2D eigenvalue weighted by atomic mass is 16.3. The summed E-state index contributed by atoms with van der Waals surface area (Å²) in [5.41, 5.74) is 5.79. The molecule has 1 heterocycles. The summed E-state index contributed by atoms with van der Waals surface area (Å²) in [6, 6.07) is 31.8. The molecule has 1 aromatic heterocycles. The maximum atomic E-state index is 10.1. The van der Waals surface area contributed by atoms with Gasteiger partial charge in [0.2, 0.25) is 0 Å². The van der Waals surface area contributed by atoms with Crippen LogP contribution in [0.3, 0.4) is 0 Å². The lowest BCUT2D eigenvalue weighted by Gasteiger charge is -2.08. The summed E-state index contributed by atoms with van der Waals surface area (Å²) >= 11 is 0.